The number of benzene rings is 2. The van der Waals surface area contributed by atoms with Crippen LogP contribution in [0.1, 0.15) is 30.0 Å². The van der Waals surface area contributed by atoms with Crippen LogP contribution in [0.25, 0.3) is 11.5 Å². The van der Waals surface area contributed by atoms with E-state index in [1.807, 2.05) is 36.4 Å². The molecule has 6 nitrogen and oxygen atoms in total. The van der Waals surface area contributed by atoms with E-state index in [0.29, 0.717) is 27.7 Å². The molecule has 0 bridgehead atoms. The minimum Gasteiger partial charge on any atom is -0.418 e. The Labute approximate surface area is 156 Å². The second kappa shape index (κ2) is 7.56. The van der Waals surface area contributed by atoms with Gasteiger partial charge in [0.2, 0.25) is 11.8 Å². The summed E-state index contributed by atoms with van der Waals surface area (Å²) < 4.78 is 5.75. The van der Waals surface area contributed by atoms with Gasteiger partial charge in [-0.3, -0.25) is 0 Å². The summed E-state index contributed by atoms with van der Waals surface area (Å²) in [4.78, 5) is 0. The number of rotatable bonds is 5. The fourth-order valence-electron chi connectivity index (χ4n) is 2.54. The molecular weight excluding hydrogens is 352 g/mol. The van der Waals surface area contributed by atoms with Crippen LogP contribution < -0.4 is 5.32 Å². The average Bonchev–Trinajstić information content (AvgIpc) is 3.13. The maximum Gasteiger partial charge on any atom is 0.247 e. The lowest BCUT2D eigenvalue weighted by molar-refractivity contribution is 0.159. The van der Waals surface area contributed by atoms with Crippen LogP contribution in [0.5, 0.6) is 0 Å². The summed E-state index contributed by atoms with van der Waals surface area (Å²) in [7, 11) is 0. The first-order valence-corrected chi connectivity index (χ1v) is 8.41. The molecule has 0 saturated heterocycles. The molecule has 2 N–H and O–H groups in total. The number of nitrogens with one attached hydrogen (secondary N) is 1. The first kappa shape index (κ1) is 17.9. The molecule has 0 aliphatic carbocycles. The van der Waals surface area contributed by atoms with Crippen molar-refractivity contribution in [1.82, 2.24) is 10.2 Å². The number of aromatic nitrogens is 2. The van der Waals surface area contributed by atoms with Crippen LogP contribution in [0.15, 0.2) is 46.9 Å². The molecule has 0 unspecified atom stereocenters. The Hall–Kier alpha value is -2.88. The fourth-order valence-corrected chi connectivity index (χ4v) is 2.75. The number of anilines is 1. The first-order valence-electron chi connectivity index (χ1n) is 8.04. The second-order valence-corrected chi connectivity index (χ2v) is 6.26. The van der Waals surface area contributed by atoms with E-state index in [1.54, 1.807) is 26.0 Å². The summed E-state index contributed by atoms with van der Waals surface area (Å²) in [6.45, 7) is 3.43. The van der Waals surface area contributed by atoms with Crippen molar-refractivity contribution in [2.24, 2.45) is 0 Å². The number of nitrogens with zero attached hydrogens (tertiary/aromatic N) is 3. The summed E-state index contributed by atoms with van der Waals surface area (Å²) in [6, 6.07) is 14.2. The van der Waals surface area contributed by atoms with Gasteiger partial charge in [0.05, 0.1) is 16.7 Å². The Kier molecular flexibility index (Phi) is 5.21. The molecule has 0 aliphatic heterocycles. The molecule has 0 amide bonds. The van der Waals surface area contributed by atoms with Gasteiger partial charge < -0.3 is 14.8 Å². The molecule has 0 fully saturated rings. The average molecular weight is 369 g/mol. The van der Waals surface area contributed by atoms with E-state index >= 15 is 0 Å². The Morgan fingerprint density at radius 2 is 1.92 bits per heavy atom. The summed E-state index contributed by atoms with van der Waals surface area (Å²) in [6.07, 6.45) is -0.798. The third-order valence-corrected chi connectivity index (χ3v) is 4.51. The molecule has 26 heavy (non-hydrogen) atoms. The zero-order chi connectivity index (χ0) is 18.7. The molecule has 1 aromatic heterocycles. The van der Waals surface area contributed by atoms with Crippen LogP contribution in [0.3, 0.4) is 0 Å². The zero-order valence-corrected chi connectivity index (χ0v) is 15.0. The van der Waals surface area contributed by atoms with E-state index in [-0.39, 0.29) is 5.89 Å². The van der Waals surface area contributed by atoms with Crippen molar-refractivity contribution in [2.75, 3.05) is 5.32 Å². The monoisotopic (exact) mass is 368 g/mol. The largest absolute Gasteiger partial charge is 0.418 e. The maximum atomic E-state index is 10.2. The van der Waals surface area contributed by atoms with E-state index in [9.17, 15) is 5.11 Å². The number of aliphatic hydroxyl groups excluding tert-OH is 1. The predicted octanol–water partition coefficient (Wildman–Crippen LogP) is 4.10. The first-order chi connectivity index (χ1) is 12.5. The SMILES string of the molecule is Cc1c(N[C@@H](c2nnc(-c3ccccc3)o2)[C@H](C)O)ccc(C#N)c1Cl. The van der Waals surface area contributed by atoms with Gasteiger partial charge in [0, 0.05) is 11.3 Å². The molecule has 0 aliphatic rings. The molecule has 1 heterocycles. The van der Waals surface area contributed by atoms with Crippen LogP contribution in [-0.2, 0) is 0 Å². The molecule has 0 saturated carbocycles. The molecule has 2 aromatic carbocycles. The van der Waals surface area contributed by atoms with E-state index in [4.69, 9.17) is 21.3 Å². The molecule has 3 rings (SSSR count). The lowest BCUT2D eigenvalue weighted by Crippen LogP contribution is -2.23. The topological polar surface area (TPSA) is 95.0 Å². The highest BCUT2D eigenvalue weighted by molar-refractivity contribution is 6.32. The van der Waals surface area contributed by atoms with E-state index in [0.717, 1.165) is 5.56 Å². The molecule has 0 spiro atoms. The van der Waals surface area contributed by atoms with Gasteiger partial charge in [-0.05, 0) is 43.7 Å². The third kappa shape index (κ3) is 3.54. The lowest BCUT2D eigenvalue weighted by atomic mass is 10.1. The quantitative estimate of drug-likeness (QED) is 0.703. The van der Waals surface area contributed by atoms with Crippen molar-refractivity contribution < 1.29 is 9.52 Å². The smallest absolute Gasteiger partial charge is 0.247 e. The van der Waals surface area contributed by atoms with Gasteiger partial charge in [-0.25, -0.2) is 0 Å². The van der Waals surface area contributed by atoms with Crippen molar-refractivity contribution in [3.05, 3.63) is 64.5 Å². The van der Waals surface area contributed by atoms with Gasteiger partial charge in [0.25, 0.3) is 0 Å². The normalized spacial score (nSPS) is 13.0. The highest BCUT2D eigenvalue weighted by atomic mass is 35.5. The van der Waals surface area contributed by atoms with Gasteiger partial charge in [0.1, 0.15) is 12.1 Å². The minimum atomic E-state index is -0.798. The number of nitriles is 1. The molecular formula is C19H17ClN4O2. The summed E-state index contributed by atoms with van der Waals surface area (Å²) >= 11 is 6.22. The highest BCUT2D eigenvalue weighted by Crippen LogP contribution is 2.31. The fraction of sp³-hybridized carbons (Fsp3) is 0.211. The Balaban J connectivity index is 1.91. The summed E-state index contributed by atoms with van der Waals surface area (Å²) in [5.41, 5.74) is 2.58. The van der Waals surface area contributed by atoms with E-state index < -0.39 is 12.1 Å². The number of hydrogen-bond acceptors (Lipinski definition) is 6. The van der Waals surface area contributed by atoms with Gasteiger partial charge >= 0.3 is 0 Å². The molecule has 132 valence electrons. The van der Waals surface area contributed by atoms with Crippen molar-refractivity contribution in [3.8, 4) is 17.5 Å². The van der Waals surface area contributed by atoms with Crippen LogP contribution in [0.4, 0.5) is 5.69 Å². The maximum absolute atomic E-state index is 10.2. The van der Waals surface area contributed by atoms with Crippen LogP contribution >= 0.6 is 11.6 Å². The van der Waals surface area contributed by atoms with Crippen molar-refractivity contribution in [1.29, 1.82) is 5.26 Å². The van der Waals surface area contributed by atoms with Crippen LogP contribution in [0.2, 0.25) is 5.02 Å². The zero-order valence-electron chi connectivity index (χ0n) is 14.3. The summed E-state index contributed by atoms with van der Waals surface area (Å²) in [5.74, 6) is 0.640. The van der Waals surface area contributed by atoms with Crippen molar-refractivity contribution >= 4 is 17.3 Å². The Morgan fingerprint density at radius 1 is 1.19 bits per heavy atom. The van der Waals surface area contributed by atoms with Crippen molar-refractivity contribution in [2.45, 2.75) is 26.0 Å². The molecule has 7 heteroatoms. The van der Waals surface area contributed by atoms with Crippen LogP contribution in [-0.4, -0.2) is 21.4 Å². The minimum absolute atomic E-state index is 0.263. The summed E-state index contributed by atoms with van der Waals surface area (Å²) in [5, 5.41) is 30.9. The number of aliphatic hydroxyl groups is 1. The van der Waals surface area contributed by atoms with Gasteiger partial charge in [-0.15, -0.1) is 10.2 Å². The highest BCUT2D eigenvalue weighted by Gasteiger charge is 2.25. The van der Waals surface area contributed by atoms with E-state index in [2.05, 4.69) is 15.5 Å². The Bertz CT molecular complexity index is 948. The molecule has 3 aromatic rings. The Morgan fingerprint density at radius 3 is 2.58 bits per heavy atom. The molecule has 2 atom stereocenters. The second-order valence-electron chi connectivity index (χ2n) is 5.89. The van der Waals surface area contributed by atoms with Gasteiger partial charge in [0.15, 0.2) is 0 Å². The molecule has 0 radical (unpaired) electrons. The third-order valence-electron chi connectivity index (χ3n) is 4.03. The lowest BCUT2D eigenvalue weighted by Gasteiger charge is -2.21. The predicted molar refractivity (Wildman–Crippen MR) is 98.7 cm³/mol. The van der Waals surface area contributed by atoms with Gasteiger partial charge in [-0.2, -0.15) is 5.26 Å². The number of hydrogen-bond donors (Lipinski definition) is 2. The number of halogens is 1. The van der Waals surface area contributed by atoms with Crippen molar-refractivity contribution in [3.63, 3.8) is 0 Å². The van der Waals surface area contributed by atoms with Gasteiger partial charge in [-0.1, -0.05) is 29.8 Å². The van der Waals surface area contributed by atoms with Crippen LogP contribution in [0, 0.1) is 18.3 Å². The van der Waals surface area contributed by atoms with E-state index in [1.165, 1.54) is 0 Å². The standard InChI is InChI=1S/C19H17ClN4O2/c1-11-15(9-8-14(10-21)16(11)20)22-17(12(2)25)19-24-23-18(26-19)13-6-4-3-5-7-13/h3-9,12,17,22,25H,1-2H3/t12-,17+/m0/s1.